The minimum absolute atomic E-state index is 0.000883. The Bertz CT molecular complexity index is 4720. The molecular formula is C76H60O23. The summed E-state index contributed by atoms with van der Waals surface area (Å²) in [6, 6.07) is 35.1. The lowest BCUT2D eigenvalue weighted by Gasteiger charge is -2.42. The minimum atomic E-state index is -1.67. The van der Waals surface area contributed by atoms with Crippen molar-refractivity contribution in [3.05, 3.63) is 201 Å². The van der Waals surface area contributed by atoms with E-state index in [1.54, 1.807) is 54.6 Å². The van der Waals surface area contributed by atoms with Crippen LogP contribution >= 0.6 is 0 Å². The van der Waals surface area contributed by atoms with Gasteiger partial charge >= 0.3 is 59.7 Å². The number of hydrogen-bond acceptors (Lipinski definition) is 23. The third-order valence-corrected chi connectivity index (χ3v) is 16.7. The van der Waals surface area contributed by atoms with Crippen molar-refractivity contribution in [2.24, 2.45) is 0 Å². The van der Waals surface area contributed by atoms with Crippen molar-refractivity contribution in [3.63, 3.8) is 0 Å². The SMILES string of the molecule is CC(=O)Oc1ccc(C(=O)[C@H]2c3c(c(OC(C)=O)cc4c3[C@@H](c3cc(OC(C)=O)cc(OC(C)=O)c3)[C@H](c3ccc(OC(C)=O)cc3)O4)-c3c(OC(C)=O)cc4c5c3[C@@H]2[C@H](c2ccc(OC(C)=O)cc2)c2c(OC(C)=O)cc(OC(C)=O)cc2[C@H]5[C@H](c2ccc(OC(C)=O)cc2)O4)cc1. The quantitative estimate of drug-likeness (QED) is 0.0493. The molecule has 8 aromatic rings. The molecule has 0 saturated heterocycles. The van der Waals surface area contributed by atoms with Crippen molar-refractivity contribution in [1.82, 2.24) is 0 Å². The van der Waals surface area contributed by atoms with Gasteiger partial charge in [-0.15, -0.1) is 0 Å². The van der Waals surface area contributed by atoms with Gasteiger partial charge in [-0.05, 0) is 118 Å². The summed E-state index contributed by atoms with van der Waals surface area (Å²) in [4.78, 5) is 149. The topological polar surface area (TPSA) is 299 Å². The van der Waals surface area contributed by atoms with Gasteiger partial charge in [-0.25, -0.2) is 0 Å². The molecule has 0 unspecified atom stereocenters. The Morgan fingerprint density at radius 3 is 1.04 bits per heavy atom. The lowest BCUT2D eigenvalue weighted by molar-refractivity contribution is -0.133. The van der Waals surface area contributed by atoms with Crippen LogP contribution in [0.25, 0.3) is 11.1 Å². The molecule has 0 bridgehead atoms. The highest BCUT2D eigenvalue weighted by Gasteiger charge is 2.57. The third kappa shape index (κ3) is 13.4. The average Bonchev–Trinajstić information content (AvgIpc) is 1.60. The van der Waals surface area contributed by atoms with E-state index in [1.807, 2.05) is 0 Å². The second kappa shape index (κ2) is 26.7. The van der Waals surface area contributed by atoms with Crippen LogP contribution in [-0.2, 0) is 47.9 Å². The van der Waals surface area contributed by atoms with Crippen LogP contribution in [-0.4, -0.2) is 65.5 Å². The molecule has 0 spiro atoms. The Labute approximate surface area is 564 Å². The van der Waals surface area contributed by atoms with Gasteiger partial charge in [0.1, 0.15) is 81.2 Å². The Morgan fingerprint density at radius 1 is 0.283 bits per heavy atom. The van der Waals surface area contributed by atoms with E-state index in [0.29, 0.717) is 27.8 Å². The van der Waals surface area contributed by atoms with Gasteiger partial charge in [-0.1, -0.05) is 36.4 Å². The highest BCUT2D eigenvalue weighted by molar-refractivity contribution is 6.07. The molecule has 2 heterocycles. The maximum Gasteiger partial charge on any atom is 0.308 e. The number of hydrogen-bond donors (Lipinski definition) is 0. The standard InChI is InChI=1S/C76H60O23/c1-34(77)88-49-19-11-44(12-20-49)62-64-56(30-55(94-40(7)83)31-57(64)95-41(8)84)65-67-61(99-76(65)47-17-25-52(26-18-47)91-37(4)80)33-58(96-42(9)85)68-69-59(97-43(10)86)32-60-66(72(69)73(70(62)71(67)68)74(87)45-13-21-50(22-14-45)89-35(2)78)63(75(98-60)46-15-23-51(24-16-46)90-36(3)79)48-27-53(92-38(5)81)29-54(28-48)93-39(6)82/h11-33,62-63,65,70,73,75-76H,1-10H3/t62-,63-,65-,70+,73-,75+,76+/m1/s1. The lowest BCUT2D eigenvalue weighted by atomic mass is 9.59. The zero-order chi connectivity index (χ0) is 70.6. The number of Topliss-reactive ketones (excluding diaryl/α,β-unsaturated/α-hetero) is 1. The molecule has 0 fully saturated rings. The van der Waals surface area contributed by atoms with Crippen molar-refractivity contribution in [2.45, 2.75) is 111 Å². The Kier molecular flexibility index (Phi) is 18.0. The van der Waals surface area contributed by atoms with Crippen molar-refractivity contribution >= 4 is 65.5 Å². The van der Waals surface area contributed by atoms with Crippen molar-refractivity contribution < 1.29 is 110 Å². The van der Waals surface area contributed by atoms with Crippen LogP contribution in [0.1, 0.15) is 177 Å². The Balaban J connectivity index is 1.31. The van der Waals surface area contributed by atoms with Crippen LogP contribution in [0.5, 0.6) is 69.0 Å². The van der Waals surface area contributed by atoms with Crippen LogP contribution in [0.3, 0.4) is 0 Å². The van der Waals surface area contributed by atoms with Crippen LogP contribution in [0, 0.1) is 0 Å². The first-order valence-electron chi connectivity index (χ1n) is 31.0. The van der Waals surface area contributed by atoms with E-state index in [4.69, 9.17) is 56.8 Å². The summed E-state index contributed by atoms with van der Waals surface area (Å²) >= 11 is 0. The summed E-state index contributed by atoms with van der Waals surface area (Å²) < 4.78 is 73.1. The molecule has 0 aromatic heterocycles. The second-order valence-electron chi connectivity index (χ2n) is 23.9. The fraction of sp³-hybridized carbons (Fsp3) is 0.224. The van der Waals surface area contributed by atoms with E-state index >= 15 is 4.79 Å². The number of carbonyl (C=O) groups is 11. The molecule has 0 N–H and O–H groups in total. The molecule has 23 nitrogen and oxygen atoms in total. The van der Waals surface area contributed by atoms with Crippen LogP contribution in [0.2, 0.25) is 0 Å². The fourth-order valence-corrected chi connectivity index (χ4v) is 13.9. The molecule has 99 heavy (non-hydrogen) atoms. The van der Waals surface area contributed by atoms with Gasteiger partial charge in [0.25, 0.3) is 0 Å². The van der Waals surface area contributed by atoms with Crippen LogP contribution < -0.4 is 56.8 Å². The molecule has 502 valence electrons. The molecule has 0 amide bonds. The molecule has 2 aliphatic carbocycles. The number of ketones is 1. The number of benzene rings is 8. The van der Waals surface area contributed by atoms with Crippen molar-refractivity contribution in [2.75, 3.05) is 0 Å². The number of rotatable bonds is 16. The van der Waals surface area contributed by atoms with Gasteiger partial charge in [0.2, 0.25) is 0 Å². The van der Waals surface area contributed by atoms with Crippen molar-refractivity contribution in [3.8, 4) is 80.1 Å². The van der Waals surface area contributed by atoms with Gasteiger partial charge < -0.3 is 56.8 Å². The van der Waals surface area contributed by atoms with Crippen molar-refractivity contribution in [1.29, 1.82) is 0 Å². The van der Waals surface area contributed by atoms with E-state index in [1.165, 1.54) is 147 Å². The van der Waals surface area contributed by atoms with Crippen LogP contribution in [0.15, 0.2) is 140 Å². The van der Waals surface area contributed by atoms with Gasteiger partial charge in [0.15, 0.2) is 5.78 Å². The van der Waals surface area contributed by atoms with E-state index in [-0.39, 0.29) is 114 Å². The summed E-state index contributed by atoms with van der Waals surface area (Å²) in [5.74, 6) is -15.0. The normalized spacial score (nSPS) is 17.7. The second-order valence-corrected chi connectivity index (χ2v) is 23.9. The predicted octanol–water partition coefficient (Wildman–Crippen LogP) is 12.3. The Morgan fingerprint density at radius 2 is 0.626 bits per heavy atom. The van der Waals surface area contributed by atoms with E-state index in [0.717, 1.165) is 6.92 Å². The van der Waals surface area contributed by atoms with Crippen LogP contribution in [0.4, 0.5) is 0 Å². The summed E-state index contributed by atoms with van der Waals surface area (Å²) in [7, 11) is 0. The smallest absolute Gasteiger partial charge is 0.308 e. The highest BCUT2D eigenvalue weighted by Crippen LogP contribution is 2.71. The first-order chi connectivity index (χ1) is 47.2. The fourth-order valence-electron chi connectivity index (χ4n) is 13.9. The highest BCUT2D eigenvalue weighted by atomic mass is 16.6. The predicted molar refractivity (Wildman–Crippen MR) is 346 cm³/mol. The number of esters is 10. The van der Waals surface area contributed by atoms with E-state index < -0.39 is 107 Å². The number of ether oxygens (including phenoxy) is 12. The average molecular weight is 1340 g/mol. The molecule has 0 saturated carbocycles. The number of carbonyl (C=O) groups excluding carboxylic acids is 11. The zero-order valence-corrected chi connectivity index (χ0v) is 54.7. The maximum atomic E-state index is 17.5. The number of fused-ring (bicyclic) bond motifs is 6. The van der Waals surface area contributed by atoms with E-state index in [9.17, 15) is 47.9 Å². The zero-order valence-electron chi connectivity index (χ0n) is 54.7. The maximum absolute atomic E-state index is 17.5. The first-order valence-corrected chi connectivity index (χ1v) is 31.0. The molecule has 12 rings (SSSR count). The minimum Gasteiger partial charge on any atom is -0.484 e. The van der Waals surface area contributed by atoms with Gasteiger partial charge in [-0.3, -0.25) is 52.7 Å². The molecule has 2 aliphatic heterocycles. The van der Waals surface area contributed by atoms with E-state index in [2.05, 4.69) is 0 Å². The van der Waals surface area contributed by atoms with Gasteiger partial charge in [0, 0.05) is 139 Å². The molecule has 23 heteroatoms. The summed E-state index contributed by atoms with van der Waals surface area (Å²) in [5, 5.41) is 0. The molecule has 8 aromatic carbocycles. The van der Waals surface area contributed by atoms with Gasteiger partial charge in [-0.2, -0.15) is 0 Å². The Hall–Kier alpha value is -12.3. The molecule has 0 radical (unpaired) electrons. The molecule has 4 aliphatic rings. The largest absolute Gasteiger partial charge is 0.484 e. The summed E-state index contributed by atoms with van der Waals surface area (Å²) in [6.07, 6.45) is -2.36. The lowest BCUT2D eigenvalue weighted by Crippen LogP contribution is -2.32. The third-order valence-electron chi connectivity index (χ3n) is 16.7. The summed E-state index contributed by atoms with van der Waals surface area (Å²) in [6.45, 7) is 11.9. The molecular weight excluding hydrogens is 1280 g/mol. The first kappa shape index (κ1) is 66.7. The summed E-state index contributed by atoms with van der Waals surface area (Å²) in [5.41, 5.74) is 2.94. The molecule has 7 atom stereocenters. The van der Waals surface area contributed by atoms with Gasteiger partial charge in [0.05, 0.1) is 17.8 Å². The monoisotopic (exact) mass is 1340 g/mol.